The minimum atomic E-state index is -3.63. The van der Waals surface area contributed by atoms with Gasteiger partial charge in [0.15, 0.2) is 0 Å². The molecule has 1 fully saturated rings. The molecule has 0 unspecified atom stereocenters. The van der Waals surface area contributed by atoms with Crippen LogP contribution in [0.1, 0.15) is 17.2 Å². The van der Waals surface area contributed by atoms with Crippen LogP contribution in [-0.2, 0) is 10.0 Å². The number of anilines is 1. The SMILES string of the molecule is Cc1nc(N2CCN(S(=O)(=O)c3ccccc3Cl)CC2)cc(-n2cnc(C)c2C)n1. The Labute approximate surface area is 181 Å². The van der Waals surface area contributed by atoms with Crippen LogP contribution in [0.3, 0.4) is 0 Å². The molecule has 30 heavy (non-hydrogen) atoms. The maximum absolute atomic E-state index is 13.0. The largest absolute Gasteiger partial charge is 0.354 e. The quantitative estimate of drug-likeness (QED) is 0.612. The number of piperazine rings is 1. The van der Waals surface area contributed by atoms with Crippen LogP contribution < -0.4 is 4.90 Å². The number of sulfonamides is 1. The third-order valence-corrected chi connectivity index (χ3v) is 7.73. The van der Waals surface area contributed by atoms with Gasteiger partial charge in [0.25, 0.3) is 0 Å². The van der Waals surface area contributed by atoms with Gasteiger partial charge in [-0.25, -0.2) is 23.4 Å². The second-order valence-electron chi connectivity index (χ2n) is 7.24. The molecule has 0 saturated carbocycles. The molecule has 0 bridgehead atoms. The minimum absolute atomic E-state index is 0.145. The lowest BCUT2D eigenvalue weighted by molar-refractivity contribution is 0.383. The molecule has 1 aliphatic heterocycles. The van der Waals surface area contributed by atoms with Crippen LogP contribution in [0.25, 0.3) is 5.82 Å². The molecule has 158 valence electrons. The molecule has 0 N–H and O–H groups in total. The molecule has 4 rings (SSSR count). The van der Waals surface area contributed by atoms with Crippen molar-refractivity contribution in [2.24, 2.45) is 0 Å². The number of halogens is 1. The van der Waals surface area contributed by atoms with Crippen molar-refractivity contribution in [2.75, 3.05) is 31.1 Å². The summed E-state index contributed by atoms with van der Waals surface area (Å²) in [5.41, 5.74) is 1.97. The van der Waals surface area contributed by atoms with Crippen LogP contribution in [0.4, 0.5) is 5.82 Å². The molecule has 2 aromatic heterocycles. The number of aromatic nitrogens is 4. The second kappa shape index (κ2) is 7.98. The molecule has 3 aromatic rings. The molecule has 3 heterocycles. The lowest BCUT2D eigenvalue weighted by atomic mass is 10.3. The molecular weight excluding hydrogens is 424 g/mol. The molecule has 1 aliphatic rings. The van der Waals surface area contributed by atoms with E-state index in [0.717, 1.165) is 23.0 Å². The first-order valence-corrected chi connectivity index (χ1v) is 11.5. The molecule has 1 aromatic carbocycles. The first-order chi connectivity index (χ1) is 14.3. The van der Waals surface area contributed by atoms with E-state index in [-0.39, 0.29) is 9.92 Å². The predicted octanol–water partition coefficient (Wildman–Crippen LogP) is 2.75. The van der Waals surface area contributed by atoms with Crippen LogP contribution in [-0.4, -0.2) is 58.4 Å². The van der Waals surface area contributed by atoms with Crippen LogP contribution in [0.15, 0.2) is 41.6 Å². The zero-order valence-electron chi connectivity index (χ0n) is 17.1. The van der Waals surface area contributed by atoms with Crippen LogP contribution in [0.5, 0.6) is 0 Å². The standard InChI is InChI=1S/C20H23ClN6O2S/c1-14-15(2)27(13-22-14)20-12-19(23-16(3)24-20)25-8-10-26(11-9-25)30(28,29)18-7-5-4-6-17(18)21/h4-7,12-13H,8-11H2,1-3H3. The van der Waals surface area contributed by atoms with Crippen molar-refractivity contribution >= 4 is 27.4 Å². The number of aryl methyl sites for hydroxylation is 2. The van der Waals surface area contributed by atoms with E-state index in [1.165, 1.54) is 4.31 Å². The van der Waals surface area contributed by atoms with Gasteiger partial charge in [0.1, 0.15) is 28.7 Å². The Bertz CT molecular complexity index is 1190. The molecule has 10 heteroatoms. The van der Waals surface area contributed by atoms with Gasteiger partial charge in [-0.1, -0.05) is 23.7 Å². The van der Waals surface area contributed by atoms with Crippen molar-refractivity contribution in [2.45, 2.75) is 25.7 Å². The van der Waals surface area contributed by atoms with Crippen LogP contribution in [0, 0.1) is 20.8 Å². The number of nitrogens with zero attached hydrogens (tertiary/aromatic N) is 6. The maximum atomic E-state index is 13.0. The Morgan fingerprint density at radius 2 is 1.63 bits per heavy atom. The van der Waals surface area contributed by atoms with E-state index >= 15 is 0 Å². The normalized spacial score (nSPS) is 15.5. The highest BCUT2D eigenvalue weighted by atomic mass is 35.5. The average molecular weight is 447 g/mol. The fraction of sp³-hybridized carbons (Fsp3) is 0.350. The van der Waals surface area contributed by atoms with E-state index in [4.69, 9.17) is 11.6 Å². The summed E-state index contributed by atoms with van der Waals surface area (Å²) in [6.07, 6.45) is 1.75. The Kier molecular flexibility index (Phi) is 5.52. The van der Waals surface area contributed by atoms with E-state index in [1.807, 2.05) is 31.4 Å². The summed E-state index contributed by atoms with van der Waals surface area (Å²) in [5, 5.41) is 0.238. The number of rotatable bonds is 4. The van der Waals surface area contributed by atoms with Gasteiger partial charge < -0.3 is 4.90 Å². The zero-order valence-corrected chi connectivity index (χ0v) is 18.7. The second-order valence-corrected chi connectivity index (χ2v) is 9.55. The number of imidazole rings is 1. The molecular formula is C20H23ClN6O2S. The number of hydrogen-bond acceptors (Lipinski definition) is 6. The molecule has 0 aliphatic carbocycles. The van der Waals surface area contributed by atoms with Crippen molar-refractivity contribution in [3.8, 4) is 5.82 Å². The Morgan fingerprint density at radius 3 is 2.27 bits per heavy atom. The van der Waals surface area contributed by atoms with Crippen molar-refractivity contribution in [1.82, 2.24) is 23.8 Å². The summed E-state index contributed by atoms with van der Waals surface area (Å²) in [6.45, 7) is 7.58. The van der Waals surface area contributed by atoms with Gasteiger partial charge in [0.05, 0.1) is 10.7 Å². The Balaban J connectivity index is 1.55. The van der Waals surface area contributed by atoms with E-state index in [9.17, 15) is 8.42 Å². The van der Waals surface area contributed by atoms with Gasteiger partial charge in [-0.05, 0) is 32.9 Å². The fourth-order valence-electron chi connectivity index (χ4n) is 3.50. The fourth-order valence-corrected chi connectivity index (χ4v) is 5.42. The van der Waals surface area contributed by atoms with Crippen molar-refractivity contribution in [3.63, 3.8) is 0 Å². The first kappa shape index (κ1) is 20.8. The summed E-state index contributed by atoms with van der Waals surface area (Å²) < 4.78 is 29.4. The van der Waals surface area contributed by atoms with Crippen molar-refractivity contribution < 1.29 is 8.42 Å². The molecule has 8 nitrogen and oxygen atoms in total. The van der Waals surface area contributed by atoms with Crippen molar-refractivity contribution in [3.05, 3.63) is 58.9 Å². The maximum Gasteiger partial charge on any atom is 0.244 e. The van der Waals surface area contributed by atoms with E-state index < -0.39 is 10.0 Å². The van der Waals surface area contributed by atoms with Crippen LogP contribution >= 0.6 is 11.6 Å². The van der Waals surface area contributed by atoms with Gasteiger partial charge in [0.2, 0.25) is 10.0 Å². The lowest BCUT2D eigenvalue weighted by Crippen LogP contribution is -2.49. The number of hydrogen-bond donors (Lipinski definition) is 0. The Hall–Kier alpha value is -2.49. The third kappa shape index (κ3) is 3.80. The molecule has 0 atom stereocenters. The van der Waals surface area contributed by atoms with Gasteiger partial charge in [-0.15, -0.1) is 0 Å². The summed E-state index contributed by atoms with van der Waals surface area (Å²) in [7, 11) is -3.63. The third-order valence-electron chi connectivity index (χ3n) is 5.33. The van der Waals surface area contributed by atoms with Crippen molar-refractivity contribution in [1.29, 1.82) is 0 Å². The van der Waals surface area contributed by atoms with E-state index in [0.29, 0.717) is 32.0 Å². The average Bonchev–Trinajstić information content (AvgIpc) is 3.06. The van der Waals surface area contributed by atoms with Gasteiger partial charge in [-0.2, -0.15) is 4.31 Å². The predicted molar refractivity (Wildman–Crippen MR) is 116 cm³/mol. The van der Waals surface area contributed by atoms with Gasteiger partial charge in [0, 0.05) is 37.9 Å². The molecule has 1 saturated heterocycles. The summed E-state index contributed by atoms with van der Waals surface area (Å²) >= 11 is 6.12. The highest BCUT2D eigenvalue weighted by Gasteiger charge is 2.30. The summed E-state index contributed by atoms with van der Waals surface area (Å²) in [4.78, 5) is 15.7. The number of benzene rings is 1. The first-order valence-electron chi connectivity index (χ1n) is 9.63. The van der Waals surface area contributed by atoms with Gasteiger partial charge >= 0.3 is 0 Å². The topological polar surface area (TPSA) is 84.2 Å². The molecule has 0 spiro atoms. The highest BCUT2D eigenvalue weighted by Crippen LogP contribution is 2.26. The summed E-state index contributed by atoms with van der Waals surface area (Å²) in [5.74, 6) is 2.18. The molecule has 0 amide bonds. The minimum Gasteiger partial charge on any atom is -0.354 e. The summed E-state index contributed by atoms with van der Waals surface area (Å²) in [6, 6.07) is 8.45. The van der Waals surface area contributed by atoms with E-state index in [2.05, 4.69) is 19.9 Å². The molecule has 0 radical (unpaired) electrons. The van der Waals surface area contributed by atoms with Gasteiger partial charge in [-0.3, -0.25) is 4.57 Å². The zero-order chi connectivity index (χ0) is 21.5. The lowest BCUT2D eigenvalue weighted by Gasteiger charge is -2.35. The monoisotopic (exact) mass is 446 g/mol. The van der Waals surface area contributed by atoms with Crippen LogP contribution in [0.2, 0.25) is 5.02 Å². The Morgan fingerprint density at radius 1 is 0.967 bits per heavy atom. The highest BCUT2D eigenvalue weighted by molar-refractivity contribution is 7.89. The smallest absolute Gasteiger partial charge is 0.244 e. The van der Waals surface area contributed by atoms with E-state index in [1.54, 1.807) is 30.6 Å².